The Morgan fingerprint density at radius 2 is 1.90 bits per heavy atom. The molecule has 2 aromatic carbocycles. The summed E-state index contributed by atoms with van der Waals surface area (Å²) in [5.74, 6) is 1.38. The van der Waals surface area contributed by atoms with E-state index in [-0.39, 0.29) is 0 Å². The first-order valence-electron chi connectivity index (χ1n) is 7.07. The molecule has 0 saturated heterocycles. The lowest BCUT2D eigenvalue weighted by molar-refractivity contribution is 0.479. The van der Waals surface area contributed by atoms with Crippen molar-refractivity contribution in [2.24, 2.45) is 0 Å². The molecule has 1 fully saturated rings. The average Bonchev–Trinajstić information content (AvgIpc) is 3.27. The van der Waals surface area contributed by atoms with Crippen molar-refractivity contribution in [2.45, 2.75) is 32.4 Å². The minimum absolute atomic E-state index is 0.554. The highest BCUT2D eigenvalue weighted by atomic mass is 35.5. The van der Waals surface area contributed by atoms with Crippen LogP contribution in [0.5, 0.6) is 11.5 Å². The van der Waals surface area contributed by atoms with Gasteiger partial charge < -0.3 is 10.1 Å². The van der Waals surface area contributed by atoms with Crippen molar-refractivity contribution in [3.05, 3.63) is 57.6 Å². The van der Waals surface area contributed by atoms with E-state index in [1.165, 1.54) is 18.4 Å². The van der Waals surface area contributed by atoms with E-state index in [0.29, 0.717) is 21.8 Å². The van der Waals surface area contributed by atoms with Crippen LogP contribution < -0.4 is 10.1 Å². The van der Waals surface area contributed by atoms with Crippen molar-refractivity contribution in [1.29, 1.82) is 0 Å². The van der Waals surface area contributed by atoms with Crippen molar-refractivity contribution in [1.82, 2.24) is 5.32 Å². The molecule has 0 heterocycles. The minimum atomic E-state index is 0.554. The van der Waals surface area contributed by atoms with Gasteiger partial charge in [-0.15, -0.1) is 0 Å². The summed E-state index contributed by atoms with van der Waals surface area (Å²) in [5.41, 5.74) is 2.35. The first-order valence-corrected chi connectivity index (χ1v) is 7.83. The first-order chi connectivity index (χ1) is 10.1. The smallest absolute Gasteiger partial charge is 0.147 e. The van der Waals surface area contributed by atoms with Crippen LogP contribution in [-0.2, 0) is 6.54 Å². The number of rotatable bonds is 5. The second kappa shape index (κ2) is 6.27. The van der Waals surface area contributed by atoms with E-state index in [9.17, 15) is 0 Å². The molecule has 2 aromatic rings. The van der Waals surface area contributed by atoms with Crippen molar-refractivity contribution in [3.63, 3.8) is 0 Å². The Bertz CT molecular complexity index is 653. The van der Waals surface area contributed by atoms with Gasteiger partial charge in [0.05, 0.1) is 5.02 Å². The van der Waals surface area contributed by atoms with Crippen LogP contribution in [0.15, 0.2) is 36.4 Å². The van der Waals surface area contributed by atoms with Gasteiger partial charge in [-0.1, -0.05) is 35.3 Å². The molecule has 0 spiro atoms. The summed E-state index contributed by atoms with van der Waals surface area (Å²) in [4.78, 5) is 0. The molecule has 0 bridgehead atoms. The predicted octanol–water partition coefficient (Wildman–Crippen LogP) is 5.35. The largest absolute Gasteiger partial charge is 0.455 e. The summed E-state index contributed by atoms with van der Waals surface area (Å²) < 4.78 is 5.88. The molecule has 0 unspecified atom stereocenters. The monoisotopic (exact) mass is 321 g/mol. The molecule has 0 aromatic heterocycles. The van der Waals surface area contributed by atoms with Gasteiger partial charge in [-0.2, -0.15) is 0 Å². The molecule has 110 valence electrons. The highest BCUT2D eigenvalue weighted by molar-refractivity contribution is 6.34. The molecule has 1 aliphatic rings. The fourth-order valence-corrected chi connectivity index (χ4v) is 2.48. The van der Waals surface area contributed by atoms with E-state index in [0.717, 1.165) is 17.9 Å². The van der Waals surface area contributed by atoms with Gasteiger partial charge in [0.25, 0.3) is 0 Å². The summed E-state index contributed by atoms with van der Waals surface area (Å²) in [6, 6.07) is 12.1. The molecule has 1 aliphatic carbocycles. The molecule has 21 heavy (non-hydrogen) atoms. The van der Waals surface area contributed by atoms with Gasteiger partial charge in [0, 0.05) is 23.7 Å². The summed E-state index contributed by atoms with van der Waals surface area (Å²) in [5, 5.41) is 4.67. The highest BCUT2D eigenvalue weighted by Gasteiger charge is 2.20. The third-order valence-corrected chi connectivity index (χ3v) is 4.07. The Morgan fingerprint density at radius 3 is 2.62 bits per heavy atom. The van der Waals surface area contributed by atoms with Gasteiger partial charge in [-0.05, 0) is 49.1 Å². The van der Waals surface area contributed by atoms with E-state index in [1.807, 2.05) is 13.0 Å². The van der Waals surface area contributed by atoms with Crippen molar-refractivity contribution in [3.8, 4) is 11.5 Å². The summed E-state index contributed by atoms with van der Waals surface area (Å²) in [7, 11) is 0. The zero-order valence-electron chi connectivity index (χ0n) is 11.8. The molecule has 1 N–H and O–H groups in total. The van der Waals surface area contributed by atoms with Crippen molar-refractivity contribution >= 4 is 23.2 Å². The van der Waals surface area contributed by atoms with Crippen LogP contribution in [0.2, 0.25) is 10.0 Å². The molecule has 1 saturated carbocycles. The fourth-order valence-electron chi connectivity index (χ4n) is 2.16. The molecule has 0 amide bonds. The normalized spacial score (nSPS) is 14.2. The van der Waals surface area contributed by atoms with Crippen LogP contribution in [0.3, 0.4) is 0 Å². The molecular weight excluding hydrogens is 305 g/mol. The molecule has 2 nitrogen and oxygen atoms in total. The van der Waals surface area contributed by atoms with Gasteiger partial charge in [-0.3, -0.25) is 0 Å². The quantitative estimate of drug-likeness (QED) is 0.801. The van der Waals surface area contributed by atoms with Crippen LogP contribution in [0.25, 0.3) is 0 Å². The molecular formula is C17H17Cl2NO. The number of halogens is 2. The van der Waals surface area contributed by atoms with Crippen molar-refractivity contribution in [2.75, 3.05) is 0 Å². The first kappa shape index (κ1) is 14.7. The highest BCUT2D eigenvalue weighted by Crippen LogP contribution is 2.33. The number of nitrogens with one attached hydrogen (secondary N) is 1. The van der Waals surface area contributed by atoms with Crippen molar-refractivity contribution < 1.29 is 4.74 Å². The number of ether oxygens (including phenoxy) is 1. The number of hydrogen-bond acceptors (Lipinski definition) is 2. The average molecular weight is 322 g/mol. The standard InChI is InChI=1S/C17H17Cl2NO/c1-11-8-12(10-20-14-4-5-14)2-7-16(11)21-17-9-13(18)3-6-15(17)19/h2-3,6-9,14,20H,4-5,10H2,1H3. The fraction of sp³-hybridized carbons (Fsp3) is 0.294. The third-order valence-electron chi connectivity index (χ3n) is 3.52. The van der Waals surface area contributed by atoms with Crippen LogP contribution in [0.4, 0.5) is 0 Å². The lowest BCUT2D eigenvalue weighted by Crippen LogP contribution is -2.15. The van der Waals surface area contributed by atoms with E-state index in [1.54, 1.807) is 18.2 Å². The molecule has 0 radical (unpaired) electrons. The summed E-state index contributed by atoms with van der Waals surface area (Å²) >= 11 is 12.1. The van der Waals surface area contributed by atoms with Gasteiger partial charge >= 0.3 is 0 Å². The number of aryl methyl sites for hydroxylation is 1. The van der Waals surface area contributed by atoms with Crippen LogP contribution in [0, 0.1) is 6.92 Å². The SMILES string of the molecule is Cc1cc(CNC2CC2)ccc1Oc1cc(Cl)ccc1Cl. The zero-order chi connectivity index (χ0) is 14.8. The van der Waals surface area contributed by atoms with Crippen LogP contribution in [0.1, 0.15) is 24.0 Å². The van der Waals surface area contributed by atoms with E-state index in [4.69, 9.17) is 27.9 Å². The Hall–Kier alpha value is -1.22. The maximum Gasteiger partial charge on any atom is 0.147 e. The number of benzene rings is 2. The van der Waals surface area contributed by atoms with Gasteiger partial charge in [-0.25, -0.2) is 0 Å². The second-order valence-electron chi connectivity index (χ2n) is 5.43. The lowest BCUT2D eigenvalue weighted by atomic mass is 10.1. The zero-order valence-corrected chi connectivity index (χ0v) is 13.3. The van der Waals surface area contributed by atoms with E-state index < -0.39 is 0 Å². The molecule has 4 heteroatoms. The maximum atomic E-state index is 6.13. The molecule has 0 aliphatic heterocycles. The van der Waals surface area contributed by atoms with E-state index >= 15 is 0 Å². The maximum absolute atomic E-state index is 6.13. The van der Waals surface area contributed by atoms with E-state index in [2.05, 4.69) is 17.4 Å². The Balaban J connectivity index is 1.74. The molecule has 3 rings (SSSR count). The van der Waals surface area contributed by atoms with Gasteiger partial charge in [0.2, 0.25) is 0 Å². The minimum Gasteiger partial charge on any atom is -0.455 e. The Kier molecular flexibility index (Phi) is 4.39. The van der Waals surface area contributed by atoms with Gasteiger partial charge in [0.15, 0.2) is 0 Å². The Morgan fingerprint density at radius 1 is 1.10 bits per heavy atom. The van der Waals surface area contributed by atoms with Gasteiger partial charge in [0.1, 0.15) is 11.5 Å². The summed E-state index contributed by atoms with van der Waals surface area (Å²) in [6.07, 6.45) is 2.60. The lowest BCUT2D eigenvalue weighted by Gasteiger charge is -2.12. The van der Waals surface area contributed by atoms with Crippen LogP contribution >= 0.6 is 23.2 Å². The van der Waals surface area contributed by atoms with Crippen LogP contribution in [-0.4, -0.2) is 6.04 Å². The topological polar surface area (TPSA) is 21.3 Å². The number of hydrogen-bond donors (Lipinski definition) is 1. The second-order valence-corrected chi connectivity index (χ2v) is 6.28. The molecule has 0 atom stereocenters. The predicted molar refractivity (Wildman–Crippen MR) is 87.6 cm³/mol. The third kappa shape index (κ3) is 3.91. The summed E-state index contributed by atoms with van der Waals surface area (Å²) in [6.45, 7) is 2.94. The Labute approximate surface area is 135 Å².